The predicted octanol–water partition coefficient (Wildman–Crippen LogP) is 1.48. The Morgan fingerprint density at radius 3 is 2.70 bits per heavy atom. The van der Waals surface area contributed by atoms with Crippen LogP contribution in [0.3, 0.4) is 0 Å². The van der Waals surface area contributed by atoms with E-state index in [2.05, 4.69) is 5.32 Å². The monoisotopic (exact) mass is 369 g/mol. The molecule has 0 unspecified atom stereocenters. The third kappa shape index (κ3) is 4.19. The summed E-state index contributed by atoms with van der Waals surface area (Å²) in [5.41, 5.74) is 1.39. The zero-order chi connectivity index (χ0) is 19.4. The maximum absolute atomic E-state index is 12.4. The first-order chi connectivity index (χ1) is 13.0. The molecule has 0 bridgehead atoms. The second-order valence-electron chi connectivity index (χ2n) is 6.55. The van der Waals surface area contributed by atoms with Gasteiger partial charge in [0.2, 0.25) is 11.8 Å². The number of aromatic nitrogens is 1. The molecular weight excluding hydrogens is 346 g/mol. The minimum atomic E-state index is -0.261. The van der Waals surface area contributed by atoms with Crippen molar-refractivity contribution in [2.45, 2.75) is 32.4 Å². The van der Waals surface area contributed by atoms with Crippen LogP contribution in [0.1, 0.15) is 18.5 Å². The lowest BCUT2D eigenvalue weighted by molar-refractivity contribution is -0.122. The molecule has 2 heterocycles. The molecule has 2 amide bonds. The van der Waals surface area contributed by atoms with Gasteiger partial charge in [0.15, 0.2) is 0 Å². The number of aryl methyl sites for hydroxylation is 1. The third-order valence-electron chi connectivity index (χ3n) is 4.70. The molecule has 142 valence electrons. The van der Waals surface area contributed by atoms with Crippen molar-refractivity contribution in [3.63, 3.8) is 0 Å². The molecule has 1 N–H and O–H groups in total. The van der Waals surface area contributed by atoms with Crippen molar-refractivity contribution in [2.24, 2.45) is 0 Å². The quantitative estimate of drug-likeness (QED) is 0.836. The summed E-state index contributed by atoms with van der Waals surface area (Å²) in [5.74, 6) is 0.390. The second kappa shape index (κ2) is 8.07. The summed E-state index contributed by atoms with van der Waals surface area (Å²) in [6.07, 6.45) is 0.429. The number of pyridine rings is 1. The fourth-order valence-corrected chi connectivity index (χ4v) is 3.31. The molecule has 0 spiro atoms. The topological polar surface area (TPSA) is 80.6 Å². The van der Waals surface area contributed by atoms with E-state index in [0.717, 1.165) is 5.69 Å². The predicted molar refractivity (Wildman–Crippen MR) is 102 cm³/mol. The molecule has 2 aromatic rings. The minimum Gasteiger partial charge on any atom is -0.495 e. The van der Waals surface area contributed by atoms with E-state index in [1.807, 2.05) is 31.2 Å². The molecule has 0 saturated carbocycles. The average molecular weight is 369 g/mol. The van der Waals surface area contributed by atoms with Gasteiger partial charge in [0, 0.05) is 37.7 Å². The Morgan fingerprint density at radius 2 is 1.96 bits per heavy atom. The maximum Gasteiger partial charge on any atom is 0.250 e. The van der Waals surface area contributed by atoms with Crippen molar-refractivity contribution >= 4 is 17.5 Å². The molecule has 27 heavy (non-hydrogen) atoms. The number of carbonyl (C=O) groups excluding carboxylic acids is 2. The molecule has 7 heteroatoms. The van der Waals surface area contributed by atoms with Crippen molar-refractivity contribution in [3.05, 3.63) is 58.5 Å². The molecule has 1 aliphatic heterocycles. The third-order valence-corrected chi connectivity index (χ3v) is 4.70. The Morgan fingerprint density at radius 1 is 1.19 bits per heavy atom. The molecule has 3 rings (SSSR count). The number of rotatable bonds is 6. The lowest BCUT2D eigenvalue weighted by Gasteiger charge is -2.19. The Balaban J connectivity index is 1.60. The largest absolute Gasteiger partial charge is 0.495 e. The van der Waals surface area contributed by atoms with Gasteiger partial charge in [0.1, 0.15) is 5.75 Å². The van der Waals surface area contributed by atoms with Gasteiger partial charge < -0.3 is 19.5 Å². The fourth-order valence-electron chi connectivity index (χ4n) is 3.31. The van der Waals surface area contributed by atoms with Crippen LogP contribution >= 0.6 is 0 Å². The van der Waals surface area contributed by atoms with E-state index >= 15 is 0 Å². The first-order valence-corrected chi connectivity index (χ1v) is 8.89. The van der Waals surface area contributed by atoms with Gasteiger partial charge >= 0.3 is 0 Å². The zero-order valence-electron chi connectivity index (χ0n) is 15.5. The summed E-state index contributed by atoms with van der Waals surface area (Å²) in [6, 6.07) is 12.1. The van der Waals surface area contributed by atoms with Crippen LogP contribution in [0.5, 0.6) is 5.75 Å². The van der Waals surface area contributed by atoms with Crippen molar-refractivity contribution in [1.29, 1.82) is 0 Å². The molecule has 1 atom stereocenters. The smallest absolute Gasteiger partial charge is 0.250 e. The summed E-state index contributed by atoms with van der Waals surface area (Å²) < 4.78 is 6.89. The number of para-hydroxylation sites is 2. The van der Waals surface area contributed by atoms with Gasteiger partial charge in [0.05, 0.1) is 18.8 Å². The van der Waals surface area contributed by atoms with Crippen LogP contribution in [0.15, 0.2) is 47.3 Å². The van der Waals surface area contributed by atoms with Crippen LogP contribution in [-0.2, 0) is 16.1 Å². The number of methoxy groups -OCH3 is 1. The molecule has 1 saturated heterocycles. The number of ether oxygens (including phenoxy) is 1. The number of hydrogen-bond donors (Lipinski definition) is 1. The van der Waals surface area contributed by atoms with E-state index in [-0.39, 0.29) is 36.3 Å². The summed E-state index contributed by atoms with van der Waals surface area (Å²) in [4.78, 5) is 38.2. The Kier molecular flexibility index (Phi) is 5.59. The van der Waals surface area contributed by atoms with Crippen LogP contribution in [0.4, 0.5) is 5.69 Å². The summed E-state index contributed by atoms with van der Waals surface area (Å²) in [7, 11) is 1.56. The Hall–Kier alpha value is -3.09. The lowest BCUT2D eigenvalue weighted by Crippen LogP contribution is -2.38. The number of amides is 2. The zero-order valence-corrected chi connectivity index (χ0v) is 15.5. The lowest BCUT2D eigenvalue weighted by atomic mass is 10.2. The van der Waals surface area contributed by atoms with E-state index < -0.39 is 0 Å². The number of anilines is 1. The van der Waals surface area contributed by atoms with E-state index in [1.165, 1.54) is 6.07 Å². The molecule has 1 aliphatic rings. The maximum atomic E-state index is 12.4. The van der Waals surface area contributed by atoms with Gasteiger partial charge in [-0.1, -0.05) is 18.2 Å². The standard InChI is InChI=1S/C20H23N3O4/c1-14-6-5-9-19(25)22(14)11-10-18(24)21-15-12-20(26)23(13-15)16-7-3-4-8-17(16)27-2/h3-9,15H,10-13H2,1-2H3,(H,21,24)/t15-/m1/s1. The van der Waals surface area contributed by atoms with Crippen molar-refractivity contribution in [2.75, 3.05) is 18.6 Å². The highest BCUT2D eigenvalue weighted by Gasteiger charge is 2.32. The van der Waals surface area contributed by atoms with Gasteiger partial charge in [-0.2, -0.15) is 0 Å². The highest BCUT2D eigenvalue weighted by atomic mass is 16.5. The Labute approximate surface area is 157 Å². The molecular formula is C20H23N3O4. The number of hydrogen-bond acceptors (Lipinski definition) is 4. The van der Waals surface area contributed by atoms with E-state index in [0.29, 0.717) is 24.5 Å². The van der Waals surface area contributed by atoms with E-state index in [4.69, 9.17) is 4.74 Å². The summed E-state index contributed by atoms with van der Waals surface area (Å²) >= 11 is 0. The average Bonchev–Trinajstić information content (AvgIpc) is 3.01. The highest BCUT2D eigenvalue weighted by Crippen LogP contribution is 2.30. The Bertz CT molecular complexity index is 906. The van der Waals surface area contributed by atoms with E-state index in [9.17, 15) is 14.4 Å². The molecule has 0 aliphatic carbocycles. The summed E-state index contributed by atoms with van der Waals surface area (Å²) in [6.45, 7) is 2.55. The van der Waals surface area contributed by atoms with Crippen molar-refractivity contribution < 1.29 is 14.3 Å². The molecule has 1 fully saturated rings. The first-order valence-electron chi connectivity index (χ1n) is 8.89. The first kappa shape index (κ1) is 18.7. The second-order valence-corrected chi connectivity index (χ2v) is 6.55. The number of benzene rings is 1. The van der Waals surface area contributed by atoms with Crippen molar-refractivity contribution in [1.82, 2.24) is 9.88 Å². The van der Waals surface area contributed by atoms with Crippen LogP contribution < -0.4 is 20.5 Å². The highest BCUT2D eigenvalue weighted by molar-refractivity contribution is 5.98. The van der Waals surface area contributed by atoms with Crippen LogP contribution in [-0.4, -0.2) is 36.1 Å². The molecule has 7 nitrogen and oxygen atoms in total. The summed E-state index contributed by atoms with van der Waals surface area (Å²) in [5, 5.41) is 2.90. The molecule has 1 aromatic heterocycles. The van der Waals surface area contributed by atoms with Gasteiger partial charge in [-0.3, -0.25) is 14.4 Å². The van der Waals surface area contributed by atoms with Crippen LogP contribution in [0.2, 0.25) is 0 Å². The normalized spacial score (nSPS) is 16.4. The fraction of sp³-hybridized carbons (Fsp3) is 0.350. The molecule has 0 radical (unpaired) electrons. The van der Waals surface area contributed by atoms with Gasteiger partial charge in [-0.05, 0) is 25.1 Å². The molecule has 1 aromatic carbocycles. The van der Waals surface area contributed by atoms with Crippen LogP contribution in [0, 0.1) is 6.92 Å². The van der Waals surface area contributed by atoms with Gasteiger partial charge in [0.25, 0.3) is 5.56 Å². The number of nitrogens with one attached hydrogen (secondary N) is 1. The minimum absolute atomic E-state index is 0.0556. The number of nitrogens with zero attached hydrogens (tertiary/aromatic N) is 2. The SMILES string of the molecule is COc1ccccc1N1C[C@H](NC(=O)CCn2c(C)cccc2=O)CC1=O. The van der Waals surface area contributed by atoms with Gasteiger partial charge in [-0.25, -0.2) is 0 Å². The van der Waals surface area contributed by atoms with Crippen molar-refractivity contribution in [3.8, 4) is 5.75 Å². The van der Waals surface area contributed by atoms with E-state index in [1.54, 1.807) is 28.7 Å². The van der Waals surface area contributed by atoms with Crippen LogP contribution in [0.25, 0.3) is 0 Å². The number of carbonyl (C=O) groups is 2. The van der Waals surface area contributed by atoms with Gasteiger partial charge in [-0.15, -0.1) is 0 Å².